The molecule has 0 saturated carbocycles. The summed E-state index contributed by atoms with van der Waals surface area (Å²) in [5.74, 6) is -0.883. The predicted molar refractivity (Wildman–Crippen MR) is 106 cm³/mol. The van der Waals surface area contributed by atoms with E-state index in [1.807, 2.05) is 0 Å². The monoisotopic (exact) mass is 466 g/mol. The summed E-state index contributed by atoms with van der Waals surface area (Å²) in [6, 6.07) is 7.08. The predicted octanol–water partition coefficient (Wildman–Crippen LogP) is 4.31. The summed E-state index contributed by atoms with van der Waals surface area (Å²) in [6.45, 7) is 0.776. The molecule has 0 N–H and O–H groups in total. The number of halogens is 3. The third-order valence-corrected chi connectivity index (χ3v) is 6.30. The number of ether oxygens (including phenoxy) is 1. The molecule has 0 spiro atoms. The van der Waals surface area contributed by atoms with E-state index in [9.17, 15) is 23.3 Å². The number of nitrogens with zero attached hydrogens (tertiary/aromatic N) is 2. The number of anilines is 1. The van der Waals surface area contributed by atoms with Gasteiger partial charge in [0.15, 0.2) is 4.90 Å². The Morgan fingerprint density at radius 3 is 2.36 bits per heavy atom. The topological polar surface area (TPSA) is 107 Å². The van der Waals surface area contributed by atoms with Crippen LogP contribution in [0.25, 0.3) is 0 Å². The molecule has 0 aliphatic heterocycles. The highest BCUT2D eigenvalue weighted by Gasteiger charge is 2.34. The minimum Gasteiger partial charge on any atom is -0.465 e. The zero-order valence-corrected chi connectivity index (χ0v) is 17.3. The molecule has 2 aromatic carbocycles. The van der Waals surface area contributed by atoms with Gasteiger partial charge in [0.25, 0.3) is 15.7 Å². The molecule has 0 aliphatic rings. The maximum atomic E-state index is 13.2. The van der Waals surface area contributed by atoms with Gasteiger partial charge in [0, 0.05) is 6.07 Å². The second-order valence-electron chi connectivity index (χ2n) is 5.26. The van der Waals surface area contributed by atoms with E-state index in [4.69, 9.17) is 39.5 Å². The van der Waals surface area contributed by atoms with Gasteiger partial charge in [0.2, 0.25) is 0 Å². The van der Waals surface area contributed by atoms with Crippen molar-refractivity contribution in [3.05, 3.63) is 61.6 Å². The number of hydrogen-bond donors (Lipinski definition) is 0. The minimum absolute atomic E-state index is 0.00725. The van der Waals surface area contributed by atoms with Gasteiger partial charge in [-0.25, -0.2) is 8.42 Å². The first kappa shape index (κ1) is 22.2. The van der Waals surface area contributed by atoms with Gasteiger partial charge in [-0.05, 0) is 25.1 Å². The summed E-state index contributed by atoms with van der Waals surface area (Å²) in [4.78, 5) is 21.8. The molecule has 2 rings (SSSR count). The number of para-hydroxylation sites is 1. The molecule has 0 aromatic heterocycles. The van der Waals surface area contributed by atoms with Crippen LogP contribution in [-0.4, -0.2) is 32.5 Å². The van der Waals surface area contributed by atoms with E-state index >= 15 is 0 Å². The maximum absolute atomic E-state index is 13.2. The minimum atomic E-state index is -4.59. The molecule has 0 heterocycles. The Balaban J connectivity index is 2.70. The highest BCUT2D eigenvalue weighted by Crippen LogP contribution is 2.38. The van der Waals surface area contributed by atoms with Gasteiger partial charge < -0.3 is 4.74 Å². The molecule has 28 heavy (non-hydrogen) atoms. The Bertz CT molecular complexity index is 1030. The molecule has 0 bridgehead atoms. The Labute approximate surface area is 175 Å². The van der Waals surface area contributed by atoms with Crippen LogP contribution in [-0.2, 0) is 19.6 Å². The van der Waals surface area contributed by atoms with Crippen LogP contribution in [0, 0.1) is 10.1 Å². The van der Waals surface area contributed by atoms with Crippen molar-refractivity contribution >= 4 is 62.2 Å². The lowest BCUT2D eigenvalue weighted by Gasteiger charge is -2.24. The van der Waals surface area contributed by atoms with Gasteiger partial charge in [-0.2, -0.15) is 0 Å². The number of sulfonamides is 1. The van der Waals surface area contributed by atoms with Crippen molar-refractivity contribution in [3.63, 3.8) is 0 Å². The van der Waals surface area contributed by atoms with Crippen molar-refractivity contribution in [2.24, 2.45) is 0 Å². The zero-order valence-electron chi connectivity index (χ0n) is 14.3. The second-order valence-corrected chi connectivity index (χ2v) is 8.31. The van der Waals surface area contributed by atoms with Crippen LogP contribution in [0.15, 0.2) is 41.3 Å². The fourth-order valence-electron chi connectivity index (χ4n) is 2.27. The van der Waals surface area contributed by atoms with Gasteiger partial charge in [-0.15, -0.1) is 0 Å². The van der Waals surface area contributed by atoms with E-state index in [1.165, 1.54) is 18.2 Å². The summed E-state index contributed by atoms with van der Waals surface area (Å²) >= 11 is 18.0. The van der Waals surface area contributed by atoms with Gasteiger partial charge in [-0.1, -0.05) is 46.9 Å². The Kier molecular flexibility index (Phi) is 7.11. The van der Waals surface area contributed by atoms with E-state index in [0.717, 1.165) is 18.2 Å². The Morgan fingerprint density at radius 2 is 1.75 bits per heavy atom. The summed E-state index contributed by atoms with van der Waals surface area (Å²) in [5.41, 5.74) is -0.838. The van der Waals surface area contributed by atoms with Crippen molar-refractivity contribution in [2.75, 3.05) is 17.5 Å². The summed E-state index contributed by atoms with van der Waals surface area (Å²) in [7, 11) is -4.59. The van der Waals surface area contributed by atoms with Crippen LogP contribution < -0.4 is 4.31 Å². The standard InChI is InChI=1S/C16H13Cl3N2O6S/c1-2-27-16(22)9-20(14-8-11(18)10(17)7-12(14)19)28(25,26)15-6-4-3-5-13(15)21(23)24/h3-8H,2,9H2,1H3. The third kappa shape index (κ3) is 4.67. The zero-order chi connectivity index (χ0) is 21.1. The van der Waals surface area contributed by atoms with Crippen LogP contribution in [0.4, 0.5) is 11.4 Å². The van der Waals surface area contributed by atoms with E-state index in [0.29, 0.717) is 4.31 Å². The smallest absolute Gasteiger partial charge is 0.326 e. The van der Waals surface area contributed by atoms with Gasteiger partial charge in [-0.3, -0.25) is 19.2 Å². The van der Waals surface area contributed by atoms with Crippen LogP contribution in [0.1, 0.15) is 6.92 Å². The average molecular weight is 468 g/mol. The first-order valence-corrected chi connectivity index (χ1v) is 10.2. The highest BCUT2D eigenvalue weighted by molar-refractivity contribution is 7.93. The molecule has 0 saturated heterocycles. The molecule has 0 atom stereocenters. The lowest BCUT2D eigenvalue weighted by Crippen LogP contribution is -2.37. The number of esters is 1. The number of carbonyl (C=O) groups is 1. The molecule has 0 fully saturated rings. The van der Waals surface area contributed by atoms with Gasteiger partial charge in [0.1, 0.15) is 6.54 Å². The van der Waals surface area contributed by atoms with E-state index < -0.39 is 38.0 Å². The number of rotatable bonds is 7. The normalized spacial score (nSPS) is 11.1. The van der Waals surface area contributed by atoms with Crippen molar-refractivity contribution in [1.82, 2.24) is 0 Å². The van der Waals surface area contributed by atoms with Gasteiger partial charge in [0.05, 0.1) is 32.3 Å². The highest BCUT2D eigenvalue weighted by atomic mass is 35.5. The van der Waals surface area contributed by atoms with Crippen molar-refractivity contribution < 1.29 is 22.9 Å². The fraction of sp³-hybridized carbons (Fsp3) is 0.188. The van der Waals surface area contributed by atoms with Crippen molar-refractivity contribution in [2.45, 2.75) is 11.8 Å². The lowest BCUT2D eigenvalue weighted by molar-refractivity contribution is -0.387. The molecule has 2 aromatic rings. The number of hydrogen-bond acceptors (Lipinski definition) is 6. The average Bonchev–Trinajstić information content (AvgIpc) is 2.63. The molecule has 150 valence electrons. The van der Waals surface area contributed by atoms with Crippen LogP contribution >= 0.6 is 34.8 Å². The molecule has 0 radical (unpaired) electrons. The first-order valence-electron chi connectivity index (χ1n) is 7.66. The number of nitro groups is 1. The molecular weight excluding hydrogens is 455 g/mol. The lowest BCUT2D eigenvalue weighted by atomic mass is 10.3. The molecule has 8 nitrogen and oxygen atoms in total. The molecule has 12 heteroatoms. The Hall–Kier alpha value is -2.07. The molecule has 0 aliphatic carbocycles. The largest absolute Gasteiger partial charge is 0.465 e. The van der Waals surface area contributed by atoms with E-state index in [2.05, 4.69) is 0 Å². The second kappa shape index (κ2) is 8.95. The van der Waals surface area contributed by atoms with Crippen LogP contribution in [0.3, 0.4) is 0 Å². The summed E-state index contributed by atoms with van der Waals surface area (Å²) in [5, 5.41) is 11.2. The number of nitro benzene ring substituents is 1. The first-order chi connectivity index (χ1) is 13.1. The SMILES string of the molecule is CCOC(=O)CN(c1cc(Cl)c(Cl)cc1Cl)S(=O)(=O)c1ccccc1[N+](=O)[O-]. The maximum Gasteiger partial charge on any atom is 0.326 e. The molecular formula is C16H13Cl3N2O6S. The quantitative estimate of drug-likeness (QED) is 0.260. The molecule has 0 amide bonds. The molecule has 0 unspecified atom stereocenters. The summed E-state index contributed by atoms with van der Waals surface area (Å²) in [6.07, 6.45) is 0. The third-order valence-electron chi connectivity index (χ3n) is 3.47. The fourth-order valence-corrected chi connectivity index (χ4v) is 4.54. The van der Waals surface area contributed by atoms with Crippen LogP contribution in [0.2, 0.25) is 15.1 Å². The van der Waals surface area contributed by atoms with E-state index in [1.54, 1.807) is 6.92 Å². The van der Waals surface area contributed by atoms with Crippen molar-refractivity contribution in [1.29, 1.82) is 0 Å². The van der Waals surface area contributed by atoms with Crippen LogP contribution in [0.5, 0.6) is 0 Å². The van der Waals surface area contributed by atoms with Gasteiger partial charge >= 0.3 is 5.97 Å². The van der Waals surface area contributed by atoms with Crippen molar-refractivity contribution in [3.8, 4) is 0 Å². The number of benzene rings is 2. The Morgan fingerprint density at radius 1 is 1.14 bits per heavy atom. The number of carbonyl (C=O) groups excluding carboxylic acids is 1. The summed E-state index contributed by atoms with van der Waals surface area (Å²) < 4.78 is 31.9. The van der Waals surface area contributed by atoms with E-state index in [-0.39, 0.29) is 27.4 Å².